The van der Waals surface area contributed by atoms with Gasteiger partial charge in [0, 0.05) is 13.2 Å². The first-order valence-corrected chi connectivity index (χ1v) is 6.74. The molecule has 96 valence electrons. The molecule has 0 saturated carbocycles. The SMILES string of the molecule is COc1ccc(S(=O)(=O)NCCCO)c(C)c1. The van der Waals surface area contributed by atoms with E-state index in [2.05, 4.69) is 4.72 Å². The van der Waals surface area contributed by atoms with E-state index >= 15 is 0 Å². The van der Waals surface area contributed by atoms with Crippen molar-refractivity contribution in [3.05, 3.63) is 23.8 Å². The molecule has 0 spiro atoms. The van der Waals surface area contributed by atoms with E-state index in [0.717, 1.165) is 0 Å². The van der Waals surface area contributed by atoms with Gasteiger partial charge >= 0.3 is 0 Å². The molecular formula is C11H17NO4S. The van der Waals surface area contributed by atoms with Gasteiger partial charge in [-0.15, -0.1) is 0 Å². The Hall–Kier alpha value is -1.11. The van der Waals surface area contributed by atoms with Crippen LogP contribution in [0.4, 0.5) is 0 Å². The summed E-state index contributed by atoms with van der Waals surface area (Å²) in [6.07, 6.45) is 0.397. The maximum Gasteiger partial charge on any atom is 0.240 e. The third-order valence-electron chi connectivity index (χ3n) is 2.30. The van der Waals surface area contributed by atoms with Gasteiger partial charge in [0.1, 0.15) is 5.75 Å². The normalized spacial score (nSPS) is 11.5. The van der Waals surface area contributed by atoms with Crippen LogP contribution in [0.2, 0.25) is 0 Å². The zero-order chi connectivity index (χ0) is 12.9. The van der Waals surface area contributed by atoms with Crippen molar-refractivity contribution in [1.29, 1.82) is 0 Å². The molecule has 0 radical (unpaired) electrons. The number of benzene rings is 1. The van der Waals surface area contributed by atoms with Gasteiger partial charge in [0.15, 0.2) is 0 Å². The molecular weight excluding hydrogens is 242 g/mol. The summed E-state index contributed by atoms with van der Waals surface area (Å²) in [6.45, 7) is 1.90. The molecule has 0 aliphatic rings. The first-order chi connectivity index (χ1) is 8.01. The molecule has 0 heterocycles. The summed E-state index contributed by atoms with van der Waals surface area (Å²) in [5, 5.41) is 8.61. The lowest BCUT2D eigenvalue weighted by molar-refractivity contribution is 0.289. The number of nitrogens with one attached hydrogen (secondary N) is 1. The molecule has 1 rings (SSSR count). The molecule has 0 atom stereocenters. The maximum absolute atomic E-state index is 11.9. The Kier molecular flexibility index (Phi) is 4.92. The number of aliphatic hydroxyl groups excluding tert-OH is 1. The van der Waals surface area contributed by atoms with E-state index in [4.69, 9.17) is 9.84 Å². The van der Waals surface area contributed by atoms with Crippen molar-refractivity contribution in [2.24, 2.45) is 0 Å². The lowest BCUT2D eigenvalue weighted by Gasteiger charge is -2.10. The number of hydrogen-bond donors (Lipinski definition) is 2. The van der Waals surface area contributed by atoms with Gasteiger partial charge in [0.25, 0.3) is 0 Å². The molecule has 0 bridgehead atoms. The Morgan fingerprint density at radius 1 is 1.41 bits per heavy atom. The Morgan fingerprint density at radius 3 is 2.65 bits per heavy atom. The Bertz CT molecular complexity index is 470. The predicted octanol–water partition coefficient (Wildman–Crippen LogP) is 0.664. The molecule has 1 aromatic rings. The van der Waals surface area contributed by atoms with Gasteiger partial charge in [0.2, 0.25) is 10.0 Å². The Morgan fingerprint density at radius 2 is 2.12 bits per heavy atom. The van der Waals surface area contributed by atoms with Crippen molar-refractivity contribution in [2.45, 2.75) is 18.2 Å². The first-order valence-electron chi connectivity index (χ1n) is 5.26. The van der Waals surface area contributed by atoms with Gasteiger partial charge < -0.3 is 9.84 Å². The monoisotopic (exact) mass is 259 g/mol. The molecule has 17 heavy (non-hydrogen) atoms. The number of rotatable bonds is 6. The zero-order valence-corrected chi connectivity index (χ0v) is 10.8. The molecule has 0 aliphatic heterocycles. The van der Waals surface area contributed by atoms with Crippen LogP contribution in [-0.4, -0.2) is 33.8 Å². The van der Waals surface area contributed by atoms with Gasteiger partial charge in [0.05, 0.1) is 12.0 Å². The molecule has 0 saturated heterocycles. The number of ether oxygens (including phenoxy) is 1. The fraction of sp³-hybridized carbons (Fsp3) is 0.455. The molecule has 0 aliphatic carbocycles. The number of methoxy groups -OCH3 is 1. The van der Waals surface area contributed by atoms with E-state index in [1.807, 2.05) is 0 Å². The summed E-state index contributed by atoms with van der Waals surface area (Å²) in [5.74, 6) is 0.622. The molecule has 0 unspecified atom stereocenters. The van der Waals surface area contributed by atoms with Crippen LogP contribution in [0.3, 0.4) is 0 Å². The van der Waals surface area contributed by atoms with Crippen molar-refractivity contribution in [2.75, 3.05) is 20.3 Å². The smallest absolute Gasteiger partial charge is 0.240 e. The van der Waals surface area contributed by atoms with Gasteiger partial charge in [-0.3, -0.25) is 0 Å². The van der Waals surface area contributed by atoms with Crippen molar-refractivity contribution in [3.63, 3.8) is 0 Å². The highest BCUT2D eigenvalue weighted by molar-refractivity contribution is 7.89. The van der Waals surface area contributed by atoms with Crippen molar-refractivity contribution in [3.8, 4) is 5.75 Å². The Balaban J connectivity index is 2.91. The van der Waals surface area contributed by atoms with Gasteiger partial charge in [-0.2, -0.15) is 0 Å². The topological polar surface area (TPSA) is 75.6 Å². The highest BCUT2D eigenvalue weighted by Gasteiger charge is 2.16. The maximum atomic E-state index is 11.9. The Labute approximate surface area is 101 Å². The van der Waals surface area contributed by atoms with E-state index in [1.165, 1.54) is 13.2 Å². The van der Waals surface area contributed by atoms with Crippen molar-refractivity contribution < 1.29 is 18.3 Å². The third-order valence-corrected chi connectivity index (χ3v) is 3.92. The summed E-state index contributed by atoms with van der Waals surface area (Å²) in [6, 6.07) is 4.78. The third kappa shape index (κ3) is 3.69. The van der Waals surface area contributed by atoms with Crippen LogP contribution >= 0.6 is 0 Å². The van der Waals surface area contributed by atoms with E-state index in [0.29, 0.717) is 17.7 Å². The van der Waals surface area contributed by atoms with Crippen LogP contribution in [0.1, 0.15) is 12.0 Å². The van der Waals surface area contributed by atoms with Crippen LogP contribution in [0.25, 0.3) is 0 Å². The highest BCUT2D eigenvalue weighted by Crippen LogP contribution is 2.20. The summed E-state index contributed by atoms with van der Waals surface area (Å²) < 4.78 is 31.2. The minimum absolute atomic E-state index is 0.0376. The lowest BCUT2D eigenvalue weighted by Crippen LogP contribution is -2.26. The van der Waals surface area contributed by atoms with Crippen LogP contribution in [-0.2, 0) is 10.0 Å². The standard InChI is InChI=1S/C11H17NO4S/c1-9-8-10(16-2)4-5-11(9)17(14,15)12-6-3-7-13/h4-5,8,12-13H,3,6-7H2,1-2H3. The number of sulfonamides is 1. The molecule has 1 aromatic carbocycles. The molecule has 5 nitrogen and oxygen atoms in total. The largest absolute Gasteiger partial charge is 0.497 e. The minimum Gasteiger partial charge on any atom is -0.497 e. The van der Waals surface area contributed by atoms with Crippen LogP contribution in [0, 0.1) is 6.92 Å². The van der Waals surface area contributed by atoms with Crippen LogP contribution in [0.5, 0.6) is 5.75 Å². The zero-order valence-electron chi connectivity index (χ0n) is 9.93. The lowest BCUT2D eigenvalue weighted by atomic mass is 10.2. The molecule has 0 amide bonds. The number of aliphatic hydroxyl groups is 1. The van der Waals surface area contributed by atoms with E-state index in [-0.39, 0.29) is 18.0 Å². The second-order valence-electron chi connectivity index (χ2n) is 3.61. The van der Waals surface area contributed by atoms with Crippen molar-refractivity contribution in [1.82, 2.24) is 4.72 Å². The fourth-order valence-electron chi connectivity index (χ4n) is 1.41. The molecule has 2 N–H and O–H groups in total. The second-order valence-corrected chi connectivity index (χ2v) is 5.34. The highest BCUT2D eigenvalue weighted by atomic mass is 32.2. The fourth-order valence-corrected chi connectivity index (χ4v) is 2.71. The summed E-state index contributed by atoms with van der Waals surface area (Å²) in [5.41, 5.74) is 0.626. The quantitative estimate of drug-likeness (QED) is 0.736. The number of hydrogen-bond acceptors (Lipinski definition) is 4. The average molecular weight is 259 g/mol. The number of aryl methyl sites for hydroxylation is 1. The van der Waals surface area contributed by atoms with E-state index in [1.54, 1.807) is 19.1 Å². The van der Waals surface area contributed by atoms with Gasteiger partial charge in [-0.05, 0) is 37.1 Å². The van der Waals surface area contributed by atoms with Gasteiger partial charge in [-0.1, -0.05) is 0 Å². The minimum atomic E-state index is -3.50. The van der Waals surface area contributed by atoms with E-state index < -0.39 is 10.0 Å². The summed E-state index contributed by atoms with van der Waals surface area (Å²) in [7, 11) is -1.97. The molecule has 6 heteroatoms. The summed E-state index contributed by atoms with van der Waals surface area (Å²) >= 11 is 0. The van der Waals surface area contributed by atoms with E-state index in [9.17, 15) is 8.42 Å². The average Bonchev–Trinajstić information content (AvgIpc) is 2.28. The molecule has 0 fully saturated rings. The van der Waals surface area contributed by atoms with Crippen LogP contribution in [0.15, 0.2) is 23.1 Å². The predicted molar refractivity (Wildman–Crippen MR) is 64.6 cm³/mol. The summed E-state index contributed by atoms with van der Waals surface area (Å²) in [4.78, 5) is 0.233. The van der Waals surface area contributed by atoms with Crippen LogP contribution < -0.4 is 9.46 Å². The van der Waals surface area contributed by atoms with Crippen molar-refractivity contribution >= 4 is 10.0 Å². The van der Waals surface area contributed by atoms with Gasteiger partial charge in [-0.25, -0.2) is 13.1 Å². The first kappa shape index (κ1) is 14.0. The second kappa shape index (κ2) is 6.00. The molecule has 0 aromatic heterocycles.